The molecule has 0 unspecified atom stereocenters. The molecule has 0 aliphatic rings. The highest BCUT2D eigenvalue weighted by atomic mass is 35.5. The maximum atomic E-state index is 6.23. The van der Waals surface area contributed by atoms with Crippen LogP contribution in [0.25, 0.3) is 0 Å². The monoisotopic (exact) mass is 261 g/mol. The van der Waals surface area contributed by atoms with Crippen LogP contribution >= 0.6 is 23.8 Å². The van der Waals surface area contributed by atoms with E-state index in [1.807, 2.05) is 36.4 Å². The van der Waals surface area contributed by atoms with Gasteiger partial charge in [0.05, 0.1) is 5.49 Å². The smallest absolute Gasteiger partial charge is 0.0658 e. The topological polar surface area (TPSA) is 12.0 Å². The van der Waals surface area contributed by atoms with Gasteiger partial charge >= 0.3 is 0 Å². The van der Waals surface area contributed by atoms with E-state index in [1.165, 1.54) is 11.1 Å². The van der Waals surface area contributed by atoms with Crippen LogP contribution in [0.5, 0.6) is 0 Å². The minimum absolute atomic E-state index is 0.760. The summed E-state index contributed by atoms with van der Waals surface area (Å²) in [5.41, 5.74) is 4.77. The number of hydrogen-bond donors (Lipinski definition) is 1. The Kier molecular flexibility index (Phi) is 4.13. The summed E-state index contributed by atoms with van der Waals surface area (Å²) in [5.74, 6) is 0. The molecular weight excluding hydrogens is 250 g/mol. The van der Waals surface area contributed by atoms with Crippen LogP contribution < -0.4 is 5.32 Å². The Balaban J connectivity index is 2.19. The average molecular weight is 262 g/mol. The second kappa shape index (κ2) is 5.80. The molecule has 0 saturated heterocycles. The SMILES string of the molecule is S=CNc1ccc(Cc2ccccc2)c(Cl)c1. The molecule has 1 nitrogen and oxygen atoms in total. The van der Waals surface area contributed by atoms with Crippen molar-refractivity contribution in [2.75, 3.05) is 5.32 Å². The molecule has 0 heterocycles. The average Bonchev–Trinajstić information content (AvgIpc) is 2.34. The standard InChI is InChI=1S/C14H12ClNS/c15-14-9-13(16-10-17)7-6-12(14)8-11-4-2-1-3-5-11/h1-7,9-10H,8H2,(H,16,17). The summed E-state index contributed by atoms with van der Waals surface area (Å²) < 4.78 is 0. The van der Waals surface area contributed by atoms with E-state index in [4.69, 9.17) is 23.8 Å². The molecular formula is C14H12ClNS. The first-order chi connectivity index (χ1) is 8.29. The van der Waals surface area contributed by atoms with E-state index in [0.717, 1.165) is 22.7 Å². The fourth-order valence-corrected chi connectivity index (χ4v) is 2.05. The molecule has 1 N–H and O–H groups in total. The van der Waals surface area contributed by atoms with Crippen molar-refractivity contribution in [3.8, 4) is 0 Å². The Bertz CT molecular complexity index is 511. The van der Waals surface area contributed by atoms with Gasteiger partial charge in [0, 0.05) is 10.7 Å². The maximum Gasteiger partial charge on any atom is 0.0658 e. The highest BCUT2D eigenvalue weighted by molar-refractivity contribution is 7.79. The zero-order valence-corrected chi connectivity index (χ0v) is 10.8. The lowest BCUT2D eigenvalue weighted by Crippen LogP contribution is -1.94. The molecule has 0 fully saturated rings. The van der Waals surface area contributed by atoms with Crippen molar-refractivity contribution in [1.29, 1.82) is 0 Å². The number of anilines is 1. The van der Waals surface area contributed by atoms with E-state index in [2.05, 4.69) is 17.4 Å². The molecule has 0 saturated carbocycles. The molecule has 0 aliphatic heterocycles. The van der Waals surface area contributed by atoms with Crippen molar-refractivity contribution in [2.24, 2.45) is 0 Å². The summed E-state index contributed by atoms with van der Waals surface area (Å²) >= 11 is 11.0. The lowest BCUT2D eigenvalue weighted by Gasteiger charge is -2.07. The fraction of sp³-hybridized carbons (Fsp3) is 0.0714. The first-order valence-corrected chi connectivity index (χ1v) is 6.17. The summed E-state index contributed by atoms with van der Waals surface area (Å²) in [5, 5.41) is 3.70. The molecule has 0 atom stereocenters. The molecule has 0 amide bonds. The van der Waals surface area contributed by atoms with Gasteiger partial charge in [0.25, 0.3) is 0 Å². The van der Waals surface area contributed by atoms with Gasteiger partial charge in [0.15, 0.2) is 0 Å². The highest BCUT2D eigenvalue weighted by Gasteiger charge is 2.02. The molecule has 3 heteroatoms. The third-order valence-corrected chi connectivity index (χ3v) is 2.99. The van der Waals surface area contributed by atoms with Gasteiger partial charge in [-0.05, 0) is 29.7 Å². The number of thiocarbonyl (C=S) groups is 1. The van der Waals surface area contributed by atoms with Gasteiger partial charge in [0.1, 0.15) is 0 Å². The largest absolute Gasteiger partial charge is 0.353 e. The number of nitrogens with one attached hydrogen (secondary N) is 1. The molecule has 0 spiro atoms. The molecule has 0 bridgehead atoms. The van der Waals surface area contributed by atoms with Crippen LogP contribution in [0.4, 0.5) is 5.69 Å². The predicted molar refractivity (Wildman–Crippen MR) is 78.0 cm³/mol. The van der Waals surface area contributed by atoms with E-state index in [1.54, 1.807) is 0 Å². The first-order valence-electron chi connectivity index (χ1n) is 5.32. The second-order valence-corrected chi connectivity index (χ2v) is 4.37. The van der Waals surface area contributed by atoms with E-state index in [9.17, 15) is 0 Å². The Morgan fingerprint density at radius 2 is 1.88 bits per heavy atom. The van der Waals surface area contributed by atoms with Crippen molar-refractivity contribution in [3.63, 3.8) is 0 Å². The van der Waals surface area contributed by atoms with Crippen molar-refractivity contribution >= 4 is 35.0 Å². The van der Waals surface area contributed by atoms with Crippen LogP contribution in [-0.2, 0) is 6.42 Å². The number of benzene rings is 2. The first kappa shape index (κ1) is 12.1. The normalized spacial score (nSPS) is 9.94. The zero-order chi connectivity index (χ0) is 12.1. The molecule has 2 aromatic carbocycles. The third-order valence-electron chi connectivity index (χ3n) is 2.52. The van der Waals surface area contributed by atoms with Crippen LogP contribution in [0.1, 0.15) is 11.1 Å². The van der Waals surface area contributed by atoms with Crippen LogP contribution in [0.15, 0.2) is 48.5 Å². The zero-order valence-electron chi connectivity index (χ0n) is 9.19. The van der Waals surface area contributed by atoms with Gasteiger partial charge in [-0.15, -0.1) is 0 Å². The molecule has 0 radical (unpaired) electrons. The lowest BCUT2D eigenvalue weighted by molar-refractivity contribution is 1.19. The van der Waals surface area contributed by atoms with Gasteiger partial charge in [-0.3, -0.25) is 0 Å². The van der Waals surface area contributed by atoms with Gasteiger partial charge in [-0.1, -0.05) is 60.2 Å². The summed E-state index contributed by atoms with van der Waals surface area (Å²) in [6.07, 6.45) is 0.845. The van der Waals surface area contributed by atoms with Crippen LogP contribution in [0.3, 0.4) is 0 Å². The van der Waals surface area contributed by atoms with Crippen LogP contribution in [-0.4, -0.2) is 5.49 Å². The van der Waals surface area contributed by atoms with E-state index in [-0.39, 0.29) is 0 Å². The lowest BCUT2D eigenvalue weighted by atomic mass is 10.0. The molecule has 2 rings (SSSR count). The van der Waals surface area contributed by atoms with E-state index in [0.29, 0.717) is 0 Å². The summed E-state index contributed by atoms with van der Waals surface area (Å²) in [7, 11) is 0. The minimum Gasteiger partial charge on any atom is -0.353 e. The van der Waals surface area contributed by atoms with Crippen molar-refractivity contribution in [2.45, 2.75) is 6.42 Å². The molecule has 0 aromatic heterocycles. The summed E-state index contributed by atoms with van der Waals surface area (Å²) in [6, 6.07) is 16.2. The second-order valence-electron chi connectivity index (χ2n) is 3.73. The van der Waals surface area contributed by atoms with Crippen molar-refractivity contribution in [3.05, 3.63) is 64.7 Å². The Morgan fingerprint density at radius 3 is 2.53 bits per heavy atom. The van der Waals surface area contributed by atoms with E-state index >= 15 is 0 Å². The Labute approximate surface area is 111 Å². The number of hydrogen-bond acceptors (Lipinski definition) is 1. The Morgan fingerprint density at radius 1 is 1.12 bits per heavy atom. The fourth-order valence-electron chi connectivity index (χ4n) is 1.66. The number of halogens is 1. The predicted octanol–water partition coefficient (Wildman–Crippen LogP) is 4.30. The van der Waals surface area contributed by atoms with E-state index < -0.39 is 0 Å². The van der Waals surface area contributed by atoms with Gasteiger partial charge in [-0.2, -0.15) is 0 Å². The summed E-state index contributed by atoms with van der Waals surface area (Å²) in [6.45, 7) is 0. The quantitative estimate of drug-likeness (QED) is 0.824. The van der Waals surface area contributed by atoms with Crippen LogP contribution in [0, 0.1) is 0 Å². The highest BCUT2D eigenvalue weighted by Crippen LogP contribution is 2.23. The molecule has 0 aliphatic carbocycles. The molecule has 2 aromatic rings. The van der Waals surface area contributed by atoms with Crippen LogP contribution in [0.2, 0.25) is 5.02 Å². The van der Waals surface area contributed by atoms with Crippen molar-refractivity contribution < 1.29 is 0 Å². The maximum absolute atomic E-state index is 6.23. The van der Waals surface area contributed by atoms with Gasteiger partial charge in [0.2, 0.25) is 0 Å². The van der Waals surface area contributed by atoms with Gasteiger partial charge in [-0.25, -0.2) is 0 Å². The van der Waals surface area contributed by atoms with Crippen molar-refractivity contribution in [1.82, 2.24) is 0 Å². The Hall–Kier alpha value is -1.38. The summed E-state index contributed by atoms with van der Waals surface area (Å²) in [4.78, 5) is 0. The van der Waals surface area contributed by atoms with Gasteiger partial charge < -0.3 is 5.32 Å². The molecule has 86 valence electrons. The molecule has 17 heavy (non-hydrogen) atoms. The third kappa shape index (κ3) is 3.29. The number of rotatable bonds is 4. The minimum atomic E-state index is 0.760.